The molecule has 1 aromatic carbocycles. The number of halogens is 1. The van der Waals surface area contributed by atoms with Gasteiger partial charge in [0.2, 0.25) is 16.0 Å². The molecule has 11 nitrogen and oxygen atoms in total. The summed E-state index contributed by atoms with van der Waals surface area (Å²) in [6.45, 7) is 12.1. The predicted octanol–water partition coefficient (Wildman–Crippen LogP) is 4.46. The van der Waals surface area contributed by atoms with Crippen molar-refractivity contribution >= 4 is 36.1 Å². The minimum Gasteiger partial charge on any atom is -0.445 e. The molecule has 0 saturated carbocycles. The van der Waals surface area contributed by atoms with E-state index in [1.807, 2.05) is 11.0 Å². The minimum atomic E-state index is -3.67. The fourth-order valence-corrected chi connectivity index (χ4v) is 4.87. The van der Waals surface area contributed by atoms with E-state index in [1.165, 1.54) is 0 Å². The molecule has 1 aromatic heterocycles. The van der Waals surface area contributed by atoms with Crippen LogP contribution in [0.5, 0.6) is 0 Å². The Kier molecular flexibility index (Phi) is 10.2. The van der Waals surface area contributed by atoms with Gasteiger partial charge in [-0.15, -0.1) is 0 Å². The summed E-state index contributed by atoms with van der Waals surface area (Å²) in [6.07, 6.45) is 4.31. The van der Waals surface area contributed by atoms with E-state index in [0.717, 1.165) is 12.0 Å². The second kappa shape index (κ2) is 13.0. The van der Waals surface area contributed by atoms with E-state index in [0.29, 0.717) is 48.6 Å². The van der Waals surface area contributed by atoms with E-state index in [1.54, 1.807) is 29.2 Å². The number of hydrogen-bond acceptors (Lipinski definition) is 10. The lowest BCUT2D eigenvalue weighted by Crippen LogP contribution is -2.40. The van der Waals surface area contributed by atoms with Gasteiger partial charge in [0.05, 0.1) is 18.6 Å². The number of carbonyl (C=O) groups is 1. The van der Waals surface area contributed by atoms with E-state index in [2.05, 4.69) is 49.0 Å². The van der Waals surface area contributed by atoms with Gasteiger partial charge in [-0.25, -0.2) is 32.3 Å². The molecule has 1 aliphatic heterocycles. The Labute approximate surface area is 236 Å². The van der Waals surface area contributed by atoms with Gasteiger partial charge in [0.25, 0.3) is 0 Å². The highest BCUT2D eigenvalue weighted by molar-refractivity contribution is 7.89. The summed E-state index contributed by atoms with van der Waals surface area (Å²) >= 11 is 0. The number of nitrogens with zero attached hydrogens (tertiary/aromatic N) is 4. The monoisotopic (exact) mass is 595 g/mol. The van der Waals surface area contributed by atoms with Gasteiger partial charge in [-0.3, -0.25) is 0 Å². The number of anilines is 1. The quantitative estimate of drug-likeness (QED) is 0.240. The van der Waals surface area contributed by atoms with E-state index in [-0.39, 0.29) is 30.7 Å². The molecule has 1 fully saturated rings. The number of nitrogens with one attached hydrogen (secondary N) is 1. The van der Waals surface area contributed by atoms with Gasteiger partial charge in [-0.05, 0) is 18.1 Å². The third-order valence-corrected chi connectivity index (χ3v) is 11.9. The Balaban J connectivity index is 1.51. The molecule has 1 saturated heterocycles. The van der Waals surface area contributed by atoms with Crippen LogP contribution in [0.25, 0.3) is 11.1 Å². The Morgan fingerprint density at radius 2 is 1.80 bits per heavy atom. The van der Waals surface area contributed by atoms with Gasteiger partial charge < -0.3 is 18.9 Å². The molecule has 40 heavy (non-hydrogen) atoms. The number of hydrogen-bond donors (Lipinski definition) is 1. The van der Waals surface area contributed by atoms with Crippen molar-refractivity contribution in [2.75, 3.05) is 37.5 Å². The molecule has 1 aliphatic rings. The molecule has 0 radical (unpaired) electrons. The second-order valence-corrected chi connectivity index (χ2v) is 17.6. The fourth-order valence-electron chi connectivity index (χ4n) is 3.56. The Morgan fingerprint density at radius 3 is 2.40 bits per heavy atom. The van der Waals surface area contributed by atoms with E-state index in [4.69, 9.17) is 14.0 Å². The summed E-state index contributed by atoms with van der Waals surface area (Å²) in [7, 11) is -5.68. The van der Waals surface area contributed by atoms with Crippen molar-refractivity contribution in [3.63, 3.8) is 0 Å². The first kappa shape index (κ1) is 31.4. The number of piperidine rings is 1. The van der Waals surface area contributed by atoms with Crippen LogP contribution in [0.4, 0.5) is 15.1 Å². The molecule has 220 valence electrons. The Morgan fingerprint density at radius 1 is 1.15 bits per heavy atom. The van der Waals surface area contributed by atoms with E-state index >= 15 is 4.39 Å². The molecule has 2 aromatic rings. The van der Waals surface area contributed by atoms with Gasteiger partial charge in [-0.2, -0.15) is 0 Å². The second-order valence-electron chi connectivity index (χ2n) is 11.1. The largest absolute Gasteiger partial charge is 0.445 e. The van der Waals surface area contributed by atoms with Gasteiger partial charge in [0.15, 0.2) is 14.9 Å². The smallest absolute Gasteiger partial charge is 0.421 e. The molecule has 0 spiro atoms. The summed E-state index contributed by atoms with van der Waals surface area (Å²) in [4.78, 5) is 27.4. The van der Waals surface area contributed by atoms with Gasteiger partial charge >= 0.3 is 6.09 Å². The molecule has 0 unspecified atom stereocenters. The highest BCUT2D eigenvalue weighted by Crippen LogP contribution is 2.37. The number of aromatic nitrogens is 2. The number of oxime groups is 1. The molecule has 1 N–H and O–H groups in total. The van der Waals surface area contributed by atoms with Crippen molar-refractivity contribution in [3.05, 3.63) is 42.0 Å². The molecule has 3 rings (SSSR count). The van der Waals surface area contributed by atoms with Crippen LogP contribution >= 0.6 is 0 Å². The Bertz CT molecular complexity index is 1310. The zero-order valence-corrected chi connectivity index (χ0v) is 25.7. The fraction of sp³-hybridized carbons (Fsp3) is 0.538. The maximum Gasteiger partial charge on any atom is 0.421 e. The maximum atomic E-state index is 15.4. The standard InChI is InChI=1S/C26H38FN5O6SSi/c1-26(2,3)40(5,6)38-18-19-8-7-9-22(23(19)27)20-16-28-24(29-17-20)32-12-10-21(11-13-32)30-37-15-14-36-25(33)31-39(4,34)35/h7-9,16-17H,10-15,18H2,1-6H3,(H,31,33). The first-order chi connectivity index (χ1) is 18.7. The number of rotatable bonds is 10. The third-order valence-electron chi connectivity index (χ3n) is 6.92. The molecule has 14 heteroatoms. The van der Waals surface area contributed by atoms with Crippen LogP contribution in [0.1, 0.15) is 39.2 Å². The van der Waals surface area contributed by atoms with Crippen LogP contribution in [0.15, 0.2) is 35.7 Å². The van der Waals surface area contributed by atoms with Crippen LogP contribution in [-0.2, 0) is 30.6 Å². The lowest BCUT2D eigenvalue weighted by Gasteiger charge is -2.36. The number of benzene rings is 1. The van der Waals surface area contributed by atoms with Crippen molar-refractivity contribution in [2.45, 2.75) is 58.4 Å². The van der Waals surface area contributed by atoms with E-state index < -0.39 is 24.4 Å². The van der Waals surface area contributed by atoms with Crippen molar-refractivity contribution in [1.82, 2.24) is 14.7 Å². The number of carbonyl (C=O) groups excluding carboxylic acids is 1. The normalized spacial score (nSPS) is 14.6. The maximum absolute atomic E-state index is 15.4. The first-order valence-corrected chi connectivity index (χ1v) is 17.8. The lowest BCUT2D eigenvalue weighted by atomic mass is 10.1. The van der Waals surface area contributed by atoms with Gasteiger partial charge in [-0.1, -0.05) is 44.1 Å². The zero-order valence-electron chi connectivity index (χ0n) is 23.9. The first-order valence-electron chi connectivity index (χ1n) is 13.0. The summed E-state index contributed by atoms with van der Waals surface area (Å²) in [6, 6.07) is 5.29. The third kappa shape index (κ3) is 8.96. The van der Waals surface area contributed by atoms with Crippen molar-refractivity contribution in [2.24, 2.45) is 5.16 Å². The molecular weight excluding hydrogens is 557 g/mol. The van der Waals surface area contributed by atoms with E-state index in [9.17, 15) is 13.2 Å². The molecule has 0 aliphatic carbocycles. The van der Waals surface area contributed by atoms with Crippen LogP contribution < -0.4 is 9.62 Å². The summed E-state index contributed by atoms with van der Waals surface area (Å²) in [5.74, 6) is 0.227. The summed E-state index contributed by atoms with van der Waals surface area (Å²) in [5, 5.41) is 4.11. The SMILES string of the molecule is CC(C)(C)[Si](C)(C)OCc1cccc(-c2cnc(N3CCC(=NOCCOC(=O)NS(C)(=O)=O)CC3)nc2)c1F. The minimum absolute atomic E-state index is 0.00482. The number of ether oxygens (including phenoxy) is 1. The molecule has 0 atom stereocenters. The Hall–Kier alpha value is -3.10. The summed E-state index contributed by atoms with van der Waals surface area (Å²) < 4.78 is 49.9. The molecule has 1 amide bonds. The average Bonchev–Trinajstić information content (AvgIpc) is 2.87. The number of sulfonamides is 1. The molecular formula is C26H38FN5O6SSi. The highest BCUT2D eigenvalue weighted by atomic mass is 32.2. The topological polar surface area (TPSA) is 132 Å². The zero-order chi connectivity index (χ0) is 29.6. The predicted molar refractivity (Wildman–Crippen MR) is 154 cm³/mol. The lowest BCUT2D eigenvalue weighted by molar-refractivity contribution is 0.0785. The van der Waals surface area contributed by atoms with Crippen molar-refractivity contribution in [1.29, 1.82) is 0 Å². The van der Waals surface area contributed by atoms with Crippen LogP contribution in [0.3, 0.4) is 0 Å². The van der Waals surface area contributed by atoms with Gasteiger partial charge in [0, 0.05) is 55.0 Å². The van der Waals surface area contributed by atoms with Gasteiger partial charge in [0.1, 0.15) is 12.4 Å². The van der Waals surface area contributed by atoms with Crippen molar-refractivity contribution in [3.8, 4) is 11.1 Å². The highest BCUT2D eigenvalue weighted by Gasteiger charge is 2.37. The molecule has 0 bridgehead atoms. The number of amides is 1. The molecule has 2 heterocycles. The van der Waals surface area contributed by atoms with Crippen LogP contribution in [0.2, 0.25) is 18.1 Å². The van der Waals surface area contributed by atoms with Crippen molar-refractivity contribution < 1.29 is 31.6 Å². The summed E-state index contributed by atoms with van der Waals surface area (Å²) in [5.41, 5.74) is 2.38. The van der Waals surface area contributed by atoms with Crippen LogP contribution in [0, 0.1) is 5.82 Å². The average molecular weight is 596 g/mol. The van der Waals surface area contributed by atoms with Crippen LogP contribution in [-0.4, -0.2) is 71.1 Å².